The molecule has 0 amide bonds. The molecule has 2 aromatic heterocycles. The highest BCUT2D eigenvalue weighted by molar-refractivity contribution is 5.85. The summed E-state index contributed by atoms with van der Waals surface area (Å²) in [6, 6.07) is 14.8. The van der Waals surface area contributed by atoms with Gasteiger partial charge in [-0.25, -0.2) is 0 Å². The van der Waals surface area contributed by atoms with Crippen LogP contribution in [-0.4, -0.2) is 34.6 Å². The van der Waals surface area contributed by atoms with E-state index in [0.29, 0.717) is 0 Å². The average molecular weight is 333 g/mol. The lowest BCUT2D eigenvalue weighted by Crippen LogP contribution is -2.46. The highest BCUT2D eigenvalue weighted by atomic mass is 16.5. The average Bonchev–Trinajstić information content (AvgIpc) is 3.05. The monoisotopic (exact) mass is 333 g/mol. The maximum Gasteiger partial charge on any atom is 0.110 e. The molecule has 1 N–H and O–H groups in total. The van der Waals surface area contributed by atoms with E-state index in [9.17, 15) is 0 Å². The molecule has 128 valence electrons. The molecule has 0 aliphatic carbocycles. The van der Waals surface area contributed by atoms with Gasteiger partial charge in [0, 0.05) is 36.7 Å². The standard InChI is InChI=1S/C21H23N3O/c1-2-7-19-17(6-1)18-8-14-25-21(20(18)23-19)9-12-24(13-10-21)15-16-5-3-4-11-22-16/h1-7,11,23H,8-10,12-15H2. The van der Waals surface area contributed by atoms with Gasteiger partial charge in [-0.15, -0.1) is 0 Å². The van der Waals surface area contributed by atoms with Gasteiger partial charge in [0.05, 0.1) is 18.0 Å². The molecule has 0 radical (unpaired) electrons. The van der Waals surface area contributed by atoms with Crippen LogP contribution in [-0.2, 0) is 23.3 Å². The molecule has 1 fully saturated rings. The van der Waals surface area contributed by atoms with Gasteiger partial charge in [-0.3, -0.25) is 9.88 Å². The van der Waals surface area contributed by atoms with E-state index in [4.69, 9.17) is 4.74 Å². The van der Waals surface area contributed by atoms with Crippen molar-refractivity contribution in [1.29, 1.82) is 0 Å². The summed E-state index contributed by atoms with van der Waals surface area (Å²) in [5.74, 6) is 0. The van der Waals surface area contributed by atoms with Gasteiger partial charge in [-0.1, -0.05) is 24.3 Å². The lowest BCUT2D eigenvalue weighted by Gasteiger charge is -2.43. The molecule has 1 aromatic carbocycles. The summed E-state index contributed by atoms with van der Waals surface area (Å²) in [6.45, 7) is 3.85. The molecule has 1 saturated heterocycles. The van der Waals surface area contributed by atoms with Crippen LogP contribution in [0.3, 0.4) is 0 Å². The highest BCUT2D eigenvalue weighted by Crippen LogP contribution is 2.43. The van der Waals surface area contributed by atoms with Gasteiger partial charge in [0.15, 0.2) is 0 Å². The largest absolute Gasteiger partial charge is 0.368 e. The Kier molecular flexibility index (Phi) is 3.61. The second-order valence-corrected chi connectivity index (χ2v) is 7.21. The summed E-state index contributed by atoms with van der Waals surface area (Å²) in [7, 11) is 0. The first-order valence-corrected chi connectivity index (χ1v) is 9.20. The molecule has 4 heteroatoms. The van der Waals surface area contributed by atoms with Gasteiger partial charge in [0.1, 0.15) is 5.60 Å². The molecule has 4 heterocycles. The number of nitrogens with zero attached hydrogens (tertiary/aromatic N) is 2. The number of pyridine rings is 1. The summed E-state index contributed by atoms with van der Waals surface area (Å²) >= 11 is 0. The number of benzene rings is 1. The third-order valence-electron chi connectivity index (χ3n) is 5.78. The fourth-order valence-electron chi connectivity index (χ4n) is 4.46. The van der Waals surface area contributed by atoms with Gasteiger partial charge < -0.3 is 9.72 Å². The number of piperidine rings is 1. The minimum absolute atomic E-state index is 0.132. The van der Waals surface area contributed by atoms with Crippen molar-refractivity contribution in [3.05, 3.63) is 65.6 Å². The molecule has 2 aliphatic heterocycles. The van der Waals surface area contributed by atoms with Crippen molar-refractivity contribution in [2.24, 2.45) is 0 Å². The Labute approximate surface area is 147 Å². The van der Waals surface area contributed by atoms with Gasteiger partial charge >= 0.3 is 0 Å². The van der Waals surface area contributed by atoms with E-state index in [2.05, 4.69) is 51.3 Å². The Morgan fingerprint density at radius 2 is 1.92 bits per heavy atom. The minimum Gasteiger partial charge on any atom is -0.368 e. The zero-order chi connectivity index (χ0) is 16.7. The summed E-state index contributed by atoms with van der Waals surface area (Å²) in [4.78, 5) is 10.6. The predicted molar refractivity (Wildman–Crippen MR) is 98.4 cm³/mol. The van der Waals surface area contributed by atoms with Crippen LogP contribution >= 0.6 is 0 Å². The van der Waals surface area contributed by atoms with Crippen molar-refractivity contribution in [3.63, 3.8) is 0 Å². The quantitative estimate of drug-likeness (QED) is 0.779. The molecular formula is C21H23N3O. The number of nitrogens with one attached hydrogen (secondary N) is 1. The molecule has 0 unspecified atom stereocenters. The van der Waals surface area contributed by atoms with E-state index in [0.717, 1.165) is 51.2 Å². The molecule has 2 aliphatic rings. The Morgan fingerprint density at radius 3 is 2.76 bits per heavy atom. The van der Waals surface area contributed by atoms with Crippen LogP contribution in [0, 0.1) is 0 Å². The third kappa shape index (κ3) is 2.57. The van der Waals surface area contributed by atoms with E-state index >= 15 is 0 Å². The Bertz CT molecular complexity index is 879. The second-order valence-electron chi connectivity index (χ2n) is 7.21. The van der Waals surface area contributed by atoms with Crippen LogP contribution in [0.25, 0.3) is 10.9 Å². The van der Waals surface area contributed by atoms with Crippen LogP contribution in [0.2, 0.25) is 0 Å². The summed E-state index contributed by atoms with van der Waals surface area (Å²) in [6.07, 6.45) is 4.97. The van der Waals surface area contributed by atoms with Gasteiger partial charge in [-0.2, -0.15) is 0 Å². The van der Waals surface area contributed by atoms with Crippen molar-refractivity contribution in [3.8, 4) is 0 Å². The second kappa shape index (κ2) is 5.97. The lowest BCUT2D eigenvalue weighted by atomic mass is 9.83. The molecule has 1 spiro atoms. The van der Waals surface area contributed by atoms with Crippen molar-refractivity contribution in [2.75, 3.05) is 19.7 Å². The van der Waals surface area contributed by atoms with Gasteiger partial charge in [-0.05, 0) is 43.0 Å². The van der Waals surface area contributed by atoms with Gasteiger partial charge in [0.25, 0.3) is 0 Å². The summed E-state index contributed by atoms with van der Waals surface area (Å²) < 4.78 is 6.39. The molecule has 0 saturated carbocycles. The molecule has 0 bridgehead atoms. The Morgan fingerprint density at radius 1 is 1.08 bits per heavy atom. The number of likely N-dealkylation sites (tertiary alicyclic amines) is 1. The van der Waals surface area contributed by atoms with E-state index in [1.165, 1.54) is 22.2 Å². The normalized spacial score (nSPS) is 20.0. The van der Waals surface area contributed by atoms with Crippen LogP contribution in [0.1, 0.15) is 29.8 Å². The molecule has 0 atom stereocenters. The molecular weight excluding hydrogens is 310 g/mol. The van der Waals surface area contributed by atoms with E-state index in [1.807, 2.05) is 12.3 Å². The number of hydrogen-bond acceptors (Lipinski definition) is 3. The number of H-pyrrole nitrogens is 1. The van der Waals surface area contributed by atoms with Crippen LogP contribution in [0.4, 0.5) is 0 Å². The first-order valence-electron chi connectivity index (χ1n) is 9.20. The van der Waals surface area contributed by atoms with E-state index in [-0.39, 0.29) is 5.60 Å². The Hall–Kier alpha value is -2.17. The topological polar surface area (TPSA) is 41.1 Å². The van der Waals surface area contributed by atoms with Crippen molar-refractivity contribution in [2.45, 2.75) is 31.4 Å². The number of ether oxygens (including phenoxy) is 1. The third-order valence-corrected chi connectivity index (χ3v) is 5.78. The number of aromatic amines is 1. The lowest BCUT2D eigenvalue weighted by molar-refractivity contribution is -0.101. The number of para-hydroxylation sites is 1. The van der Waals surface area contributed by atoms with Crippen molar-refractivity contribution < 1.29 is 4.74 Å². The van der Waals surface area contributed by atoms with E-state index < -0.39 is 0 Å². The molecule has 3 aromatic rings. The summed E-state index contributed by atoms with van der Waals surface area (Å²) in [5.41, 5.74) is 5.06. The van der Waals surface area contributed by atoms with Crippen LogP contribution in [0.5, 0.6) is 0 Å². The summed E-state index contributed by atoms with van der Waals surface area (Å²) in [5, 5.41) is 1.37. The van der Waals surface area contributed by atoms with Crippen molar-refractivity contribution >= 4 is 10.9 Å². The fourth-order valence-corrected chi connectivity index (χ4v) is 4.46. The molecule has 25 heavy (non-hydrogen) atoms. The first-order chi connectivity index (χ1) is 12.3. The number of fused-ring (bicyclic) bond motifs is 4. The first kappa shape index (κ1) is 15.1. The smallest absolute Gasteiger partial charge is 0.110 e. The van der Waals surface area contributed by atoms with E-state index in [1.54, 1.807) is 0 Å². The number of hydrogen-bond donors (Lipinski definition) is 1. The van der Waals surface area contributed by atoms with Crippen LogP contribution in [0.15, 0.2) is 48.7 Å². The maximum atomic E-state index is 6.39. The minimum atomic E-state index is -0.132. The molecule has 5 rings (SSSR count). The molecule has 4 nitrogen and oxygen atoms in total. The zero-order valence-electron chi connectivity index (χ0n) is 14.4. The van der Waals surface area contributed by atoms with Crippen molar-refractivity contribution in [1.82, 2.24) is 14.9 Å². The SMILES string of the molecule is c1ccc(CN2CCC3(CC2)OCCc2c3[nH]c3ccccc23)nc1. The Balaban J connectivity index is 1.40. The number of rotatable bonds is 2. The maximum absolute atomic E-state index is 6.39. The van der Waals surface area contributed by atoms with Crippen LogP contribution < -0.4 is 0 Å². The highest BCUT2D eigenvalue weighted by Gasteiger charge is 2.42. The fraction of sp³-hybridized carbons (Fsp3) is 0.381. The van der Waals surface area contributed by atoms with Gasteiger partial charge in [0.2, 0.25) is 0 Å². The number of aromatic nitrogens is 2. The zero-order valence-corrected chi connectivity index (χ0v) is 14.4. The predicted octanol–water partition coefficient (Wildman–Crippen LogP) is 3.63.